The summed E-state index contributed by atoms with van der Waals surface area (Å²) in [5.74, 6) is 0.923. The lowest BCUT2D eigenvalue weighted by Crippen LogP contribution is -2.14. The molecule has 0 heterocycles. The van der Waals surface area contributed by atoms with Crippen molar-refractivity contribution < 1.29 is 9.84 Å². The van der Waals surface area contributed by atoms with Crippen LogP contribution in [0.1, 0.15) is 37.5 Å². The summed E-state index contributed by atoms with van der Waals surface area (Å²) in [6, 6.07) is 4.25. The van der Waals surface area contributed by atoms with Crippen LogP contribution in [0, 0.1) is 6.92 Å². The highest BCUT2D eigenvalue weighted by molar-refractivity contribution is 5.47. The minimum absolute atomic E-state index is 0.0571. The molecule has 1 aromatic carbocycles. The van der Waals surface area contributed by atoms with E-state index in [-0.39, 0.29) is 12.0 Å². The van der Waals surface area contributed by atoms with Gasteiger partial charge < -0.3 is 9.84 Å². The third kappa shape index (κ3) is 2.76. The van der Waals surface area contributed by atoms with Gasteiger partial charge in [-0.25, -0.2) is 0 Å². The maximum atomic E-state index is 9.07. The Morgan fingerprint density at radius 2 is 1.88 bits per heavy atom. The lowest BCUT2D eigenvalue weighted by molar-refractivity contribution is 0.296. The quantitative estimate of drug-likeness (QED) is 0.852. The van der Waals surface area contributed by atoms with Crippen LogP contribution in [-0.2, 0) is 11.8 Å². The number of methoxy groups -OCH3 is 1. The third-order valence-corrected chi connectivity index (χ3v) is 2.70. The standard InChI is InChI=1S/C14H22O2/c1-10-8-11(6-7-15)13(16-5)12(9-10)14(2,3)4/h8-9,15H,6-7H2,1-5H3. The van der Waals surface area contributed by atoms with Gasteiger partial charge in [0.2, 0.25) is 0 Å². The summed E-state index contributed by atoms with van der Waals surface area (Å²) in [4.78, 5) is 0. The van der Waals surface area contributed by atoms with Gasteiger partial charge in [0.15, 0.2) is 0 Å². The molecule has 0 bridgehead atoms. The molecule has 2 nitrogen and oxygen atoms in total. The summed E-state index contributed by atoms with van der Waals surface area (Å²) in [5.41, 5.74) is 3.57. The topological polar surface area (TPSA) is 29.5 Å². The van der Waals surface area contributed by atoms with Crippen molar-refractivity contribution in [1.29, 1.82) is 0 Å². The van der Waals surface area contributed by atoms with E-state index in [2.05, 4.69) is 39.8 Å². The van der Waals surface area contributed by atoms with Crippen LogP contribution in [0.25, 0.3) is 0 Å². The van der Waals surface area contributed by atoms with Crippen molar-refractivity contribution in [1.82, 2.24) is 0 Å². The molecule has 0 aliphatic heterocycles. The molecule has 0 spiro atoms. The van der Waals surface area contributed by atoms with Crippen LogP contribution in [0.15, 0.2) is 12.1 Å². The smallest absolute Gasteiger partial charge is 0.125 e. The highest BCUT2D eigenvalue weighted by Crippen LogP contribution is 2.35. The van der Waals surface area contributed by atoms with Crippen LogP contribution in [0.4, 0.5) is 0 Å². The predicted molar refractivity (Wildman–Crippen MR) is 67.2 cm³/mol. The average molecular weight is 222 g/mol. The van der Waals surface area contributed by atoms with E-state index in [1.54, 1.807) is 7.11 Å². The summed E-state index contributed by atoms with van der Waals surface area (Å²) >= 11 is 0. The molecule has 0 amide bonds. The Bertz CT molecular complexity index is 362. The first-order chi connectivity index (χ1) is 7.40. The van der Waals surface area contributed by atoms with Crippen molar-refractivity contribution in [3.05, 3.63) is 28.8 Å². The summed E-state index contributed by atoms with van der Waals surface area (Å²) in [6.07, 6.45) is 0.647. The molecular weight excluding hydrogens is 200 g/mol. The predicted octanol–water partition coefficient (Wildman–Crippen LogP) is 2.84. The van der Waals surface area contributed by atoms with E-state index in [0.717, 1.165) is 11.3 Å². The van der Waals surface area contributed by atoms with Gasteiger partial charge in [0.25, 0.3) is 0 Å². The number of ether oxygens (including phenoxy) is 1. The molecule has 2 heteroatoms. The fourth-order valence-corrected chi connectivity index (χ4v) is 1.95. The number of aliphatic hydroxyl groups excluding tert-OH is 1. The molecule has 0 atom stereocenters. The number of hydrogen-bond donors (Lipinski definition) is 1. The number of hydrogen-bond acceptors (Lipinski definition) is 2. The summed E-state index contributed by atoms with van der Waals surface area (Å²) < 4.78 is 5.50. The van der Waals surface area contributed by atoms with Crippen LogP contribution in [0.5, 0.6) is 5.75 Å². The SMILES string of the molecule is COc1c(CCO)cc(C)cc1C(C)(C)C. The van der Waals surface area contributed by atoms with Crippen molar-refractivity contribution in [2.75, 3.05) is 13.7 Å². The Morgan fingerprint density at radius 3 is 2.31 bits per heavy atom. The zero-order chi connectivity index (χ0) is 12.3. The molecule has 90 valence electrons. The molecule has 0 aliphatic carbocycles. The van der Waals surface area contributed by atoms with Crippen LogP contribution in [-0.4, -0.2) is 18.8 Å². The van der Waals surface area contributed by atoms with Crippen molar-refractivity contribution >= 4 is 0 Å². The summed E-state index contributed by atoms with van der Waals surface area (Å²) in [6.45, 7) is 8.76. The molecule has 0 saturated heterocycles. The van der Waals surface area contributed by atoms with E-state index in [9.17, 15) is 0 Å². The fraction of sp³-hybridized carbons (Fsp3) is 0.571. The van der Waals surface area contributed by atoms with E-state index >= 15 is 0 Å². The molecule has 0 unspecified atom stereocenters. The molecule has 0 fully saturated rings. The average Bonchev–Trinajstić information content (AvgIpc) is 2.16. The second kappa shape index (κ2) is 4.88. The second-order valence-electron chi connectivity index (χ2n) is 5.23. The van der Waals surface area contributed by atoms with E-state index in [1.165, 1.54) is 11.1 Å². The molecule has 1 aromatic rings. The zero-order valence-corrected chi connectivity index (χ0v) is 10.9. The Kier molecular flexibility index (Phi) is 3.98. The minimum atomic E-state index is 0.0571. The van der Waals surface area contributed by atoms with Gasteiger partial charge >= 0.3 is 0 Å². The first-order valence-corrected chi connectivity index (χ1v) is 5.69. The molecule has 1 N–H and O–H groups in total. The second-order valence-corrected chi connectivity index (χ2v) is 5.23. The van der Waals surface area contributed by atoms with Gasteiger partial charge in [-0.15, -0.1) is 0 Å². The van der Waals surface area contributed by atoms with Crippen LogP contribution < -0.4 is 4.74 Å². The Morgan fingerprint density at radius 1 is 1.25 bits per heavy atom. The highest BCUT2D eigenvalue weighted by atomic mass is 16.5. The lowest BCUT2D eigenvalue weighted by Gasteiger charge is -2.24. The Hall–Kier alpha value is -1.02. The number of benzene rings is 1. The third-order valence-electron chi connectivity index (χ3n) is 2.70. The van der Waals surface area contributed by atoms with Gasteiger partial charge in [-0.2, -0.15) is 0 Å². The summed E-state index contributed by atoms with van der Waals surface area (Å²) in [5, 5.41) is 9.07. The monoisotopic (exact) mass is 222 g/mol. The van der Waals surface area contributed by atoms with E-state index in [1.807, 2.05) is 0 Å². The van der Waals surface area contributed by atoms with E-state index in [0.29, 0.717) is 6.42 Å². The van der Waals surface area contributed by atoms with E-state index in [4.69, 9.17) is 9.84 Å². The number of rotatable bonds is 3. The van der Waals surface area contributed by atoms with E-state index < -0.39 is 0 Å². The highest BCUT2D eigenvalue weighted by Gasteiger charge is 2.21. The number of aryl methyl sites for hydroxylation is 1. The van der Waals surface area contributed by atoms with Gasteiger partial charge in [0.1, 0.15) is 5.75 Å². The van der Waals surface area contributed by atoms with Crippen LogP contribution in [0.2, 0.25) is 0 Å². The summed E-state index contributed by atoms with van der Waals surface area (Å²) in [7, 11) is 1.70. The van der Waals surface area contributed by atoms with Crippen molar-refractivity contribution in [3.63, 3.8) is 0 Å². The lowest BCUT2D eigenvalue weighted by atomic mass is 9.83. The van der Waals surface area contributed by atoms with Gasteiger partial charge in [0.05, 0.1) is 7.11 Å². The number of aliphatic hydroxyl groups is 1. The fourth-order valence-electron chi connectivity index (χ4n) is 1.95. The van der Waals surface area contributed by atoms with Crippen molar-refractivity contribution in [3.8, 4) is 5.75 Å². The van der Waals surface area contributed by atoms with Gasteiger partial charge in [-0.05, 0) is 24.3 Å². The molecule has 1 rings (SSSR count). The molecule has 0 radical (unpaired) electrons. The zero-order valence-electron chi connectivity index (χ0n) is 10.9. The Labute approximate surface area is 98.3 Å². The minimum Gasteiger partial charge on any atom is -0.496 e. The molecule has 0 aliphatic rings. The first-order valence-electron chi connectivity index (χ1n) is 5.69. The Balaban J connectivity index is 3.36. The largest absolute Gasteiger partial charge is 0.496 e. The maximum Gasteiger partial charge on any atom is 0.125 e. The van der Waals surface area contributed by atoms with Crippen LogP contribution >= 0.6 is 0 Å². The molecule has 0 aromatic heterocycles. The van der Waals surface area contributed by atoms with Gasteiger partial charge in [0, 0.05) is 12.2 Å². The van der Waals surface area contributed by atoms with Gasteiger partial charge in [-0.1, -0.05) is 38.5 Å². The maximum absolute atomic E-state index is 9.07. The first kappa shape index (κ1) is 13.0. The molecule has 0 saturated carbocycles. The normalized spacial score (nSPS) is 11.6. The van der Waals surface area contributed by atoms with Crippen molar-refractivity contribution in [2.24, 2.45) is 0 Å². The van der Waals surface area contributed by atoms with Gasteiger partial charge in [-0.3, -0.25) is 0 Å². The molecule has 16 heavy (non-hydrogen) atoms. The molecular formula is C14H22O2. The van der Waals surface area contributed by atoms with Crippen LogP contribution in [0.3, 0.4) is 0 Å². The van der Waals surface area contributed by atoms with Crippen molar-refractivity contribution in [2.45, 2.75) is 39.5 Å².